The fourth-order valence-electron chi connectivity index (χ4n) is 3.16. The highest BCUT2D eigenvalue weighted by Gasteiger charge is 2.52. The Bertz CT molecular complexity index is 717. The topological polar surface area (TPSA) is 83.0 Å². The first-order valence-corrected chi connectivity index (χ1v) is 10.2. The van der Waals surface area contributed by atoms with E-state index in [4.69, 9.17) is 18.8 Å². The number of hydrogen-bond acceptors (Lipinski definition) is 7. The number of rotatable bonds is 3. The smallest absolute Gasteiger partial charge is 0.458 e. The lowest BCUT2D eigenvalue weighted by molar-refractivity contribution is 0.00578. The molecule has 2 fully saturated rings. The largest absolute Gasteiger partial charge is 0.498 e. The second kappa shape index (κ2) is 7.76. The van der Waals surface area contributed by atoms with Gasteiger partial charge in [0.2, 0.25) is 0 Å². The van der Waals surface area contributed by atoms with Crippen LogP contribution in [-0.4, -0.2) is 64.1 Å². The fourth-order valence-corrected chi connectivity index (χ4v) is 3.16. The average Bonchev–Trinajstić information content (AvgIpc) is 2.82. The highest BCUT2D eigenvalue weighted by Crippen LogP contribution is 2.36. The summed E-state index contributed by atoms with van der Waals surface area (Å²) >= 11 is 0. The molecule has 0 saturated carbocycles. The van der Waals surface area contributed by atoms with Crippen molar-refractivity contribution in [2.75, 3.05) is 13.1 Å². The molecule has 0 bridgehead atoms. The van der Waals surface area contributed by atoms with E-state index in [1.54, 1.807) is 17.3 Å². The lowest BCUT2D eigenvalue weighted by Gasteiger charge is -2.33. The van der Waals surface area contributed by atoms with Crippen molar-refractivity contribution in [1.82, 2.24) is 14.9 Å². The van der Waals surface area contributed by atoms with Gasteiger partial charge < -0.3 is 23.7 Å². The van der Waals surface area contributed by atoms with Crippen molar-refractivity contribution in [2.24, 2.45) is 0 Å². The summed E-state index contributed by atoms with van der Waals surface area (Å²) in [5, 5.41) is 0. The summed E-state index contributed by atoms with van der Waals surface area (Å²) in [5.41, 5.74) is -0.604. The summed E-state index contributed by atoms with van der Waals surface area (Å²) in [7, 11) is -0.508. The van der Waals surface area contributed by atoms with Crippen molar-refractivity contribution in [3.8, 4) is 6.01 Å². The molecule has 2 saturated heterocycles. The maximum atomic E-state index is 12.3. The average molecular weight is 405 g/mol. The SMILES string of the molecule is CC(C)(C)OC(=O)N1CCC[C@H](Oc2ncc(B3OC(C)(C)C(C)(C)O3)cn2)C1. The number of hydrogen-bond donors (Lipinski definition) is 0. The van der Waals surface area contributed by atoms with Crippen LogP contribution >= 0.6 is 0 Å². The summed E-state index contributed by atoms with van der Waals surface area (Å²) in [6, 6.07) is 0.279. The molecule has 0 radical (unpaired) electrons. The monoisotopic (exact) mass is 405 g/mol. The van der Waals surface area contributed by atoms with E-state index >= 15 is 0 Å². The Labute approximate surface area is 173 Å². The van der Waals surface area contributed by atoms with Crippen LogP contribution in [0, 0.1) is 0 Å². The third kappa shape index (κ3) is 5.19. The van der Waals surface area contributed by atoms with Crippen molar-refractivity contribution in [3.05, 3.63) is 12.4 Å². The van der Waals surface area contributed by atoms with Crippen LogP contribution in [0.5, 0.6) is 6.01 Å². The second-order valence-electron chi connectivity index (χ2n) is 9.70. The lowest BCUT2D eigenvalue weighted by Crippen LogP contribution is -2.46. The van der Waals surface area contributed by atoms with Crippen molar-refractivity contribution in [2.45, 2.75) is 84.2 Å². The van der Waals surface area contributed by atoms with Gasteiger partial charge >= 0.3 is 19.2 Å². The van der Waals surface area contributed by atoms with Gasteiger partial charge in [-0.2, -0.15) is 0 Å². The minimum absolute atomic E-state index is 0.168. The zero-order valence-electron chi connectivity index (χ0n) is 18.5. The molecule has 29 heavy (non-hydrogen) atoms. The molecular formula is C20H32BN3O5. The quantitative estimate of drug-likeness (QED) is 0.715. The van der Waals surface area contributed by atoms with Crippen LogP contribution in [0.15, 0.2) is 12.4 Å². The Kier molecular flexibility index (Phi) is 5.84. The summed E-state index contributed by atoms with van der Waals surface area (Å²) in [5.74, 6) is 0. The molecule has 2 aliphatic rings. The van der Waals surface area contributed by atoms with Crippen LogP contribution in [0.1, 0.15) is 61.3 Å². The van der Waals surface area contributed by atoms with Gasteiger partial charge in [0.15, 0.2) is 0 Å². The van der Waals surface area contributed by atoms with E-state index in [9.17, 15) is 4.79 Å². The molecule has 1 aromatic heterocycles. The van der Waals surface area contributed by atoms with Gasteiger partial charge in [0.05, 0.1) is 17.7 Å². The number of carbonyl (C=O) groups is 1. The van der Waals surface area contributed by atoms with E-state index in [2.05, 4.69) is 9.97 Å². The third-order valence-corrected chi connectivity index (χ3v) is 5.48. The minimum Gasteiger partial charge on any atom is -0.458 e. The zero-order chi connectivity index (χ0) is 21.4. The van der Waals surface area contributed by atoms with Gasteiger partial charge in [-0.05, 0) is 61.3 Å². The van der Waals surface area contributed by atoms with E-state index in [-0.39, 0.29) is 18.2 Å². The van der Waals surface area contributed by atoms with Crippen molar-refractivity contribution >= 4 is 18.7 Å². The Hall–Kier alpha value is -1.87. The maximum Gasteiger partial charge on any atom is 0.498 e. The highest BCUT2D eigenvalue weighted by molar-refractivity contribution is 6.61. The first-order valence-electron chi connectivity index (χ1n) is 10.2. The van der Waals surface area contributed by atoms with Crippen LogP contribution in [0.25, 0.3) is 0 Å². The molecule has 0 spiro atoms. The third-order valence-electron chi connectivity index (χ3n) is 5.48. The van der Waals surface area contributed by atoms with E-state index in [1.165, 1.54) is 0 Å². The van der Waals surface area contributed by atoms with Gasteiger partial charge in [-0.15, -0.1) is 0 Å². The van der Waals surface area contributed by atoms with Crippen LogP contribution < -0.4 is 10.2 Å². The van der Waals surface area contributed by atoms with Crippen molar-refractivity contribution in [3.63, 3.8) is 0 Å². The minimum atomic E-state index is -0.517. The maximum absolute atomic E-state index is 12.3. The summed E-state index contributed by atoms with van der Waals surface area (Å²) in [6.07, 6.45) is 4.52. The van der Waals surface area contributed by atoms with Gasteiger partial charge in [-0.1, -0.05) is 0 Å². The molecule has 9 heteroatoms. The summed E-state index contributed by atoms with van der Waals surface area (Å²) in [6.45, 7) is 14.7. The van der Waals surface area contributed by atoms with Crippen LogP contribution in [0.2, 0.25) is 0 Å². The Balaban J connectivity index is 1.58. The normalized spacial score (nSPS) is 23.8. The van der Waals surface area contributed by atoms with Crippen LogP contribution in [0.3, 0.4) is 0 Å². The molecule has 0 N–H and O–H groups in total. The zero-order valence-corrected chi connectivity index (χ0v) is 18.5. The molecule has 3 rings (SSSR count). The predicted molar refractivity (Wildman–Crippen MR) is 109 cm³/mol. The standard InChI is InChI=1S/C20H32BN3O5/c1-18(2,3)27-17(25)24-10-8-9-15(13-24)26-16-22-11-14(12-23-16)21-28-19(4,5)20(6,7)29-21/h11-12,15H,8-10,13H2,1-7H3/t15-/m0/s1. The molecule has 1 atom stereocenters. The molecule has 2 aliphatic heterocycles. The summed E-state index contributed by atoms with van der Waals surface area (Å²) < 4.78 is 23.4. The molecule has 8 nitrogen and oxygen atoms in total. The summed E-state index contributed by atoms with van der Waals surface area (Å²) in [4.78, 5) is 22.6. The Morgan fingerprint density at radius 3 is 2.31 bits per heavy atom. The Morgan fingerprint density at radius 2 is 1.76 bits per heavy atom. The van der Waals surface area contributed by atoms with Gasteiger partial charge in [-0.3, -0.25) is 0 Å². The van der Waals surface area contributed by atoms with E-state index in [0.29, 0.717) is 13.1 Å². The van der Waals surface area contributed by atoms with Gasteiger partial charge in [0, 0.05) is 24.4 Å². The molecule has 0 aliphatic carbocycles. The fraction of sp³-hybridized carbons (Fsp3) is 0.750. The Morgan fingerprint density at radius 1 is 1.17 bits per heavy atom. The molecular weight excluding hydrogens is 373 g/mol. The van der Waals surface area contributed by atoms with Crippen LogP contribution in [0.4, 0.5) is 4.79 Å². The van der Waals surface area contributed by atoms with E-state index in [1.807, 2.05) is 48.5 Å². The number of nitrogens with zero attached hydrogens (tertiary/aromatic N) is 3. The first kappa shape index (κ1) is 21.8. The van der Waals surface area contributed by atoms with Crippen molar-refractivity contribution < 1.29 is 23.6 Å². The molecule has 160 valence electrons. The second-order valence-corrected chi connectivity index (χ2v) is 9.70. The number of aromatic nitrogens is 2. The number of carbonyl (C=O) groups excluding carboxylic acids is 1. The van der Waals surface area contributed by atoms with Crippen LogP contribution in [-0.2, 0) is 14.0 Å². The number of likely N-dealkylation sites (tertiary alicyclic amines) is 1. The molecule has 0 aromatic carbocycles. The molecule has 1 aromatic rings. The van der Waals surface area contributed by atoms with E-state index in [0.717, 1.165) is 18.3 Å². The van der Waals surface area contributed by atoms with Gasteiger partial charge in [-0.25, -0.2) is 14.8 Å². The predicted octanol–water partition coefficient (Wildman–Crippen LogP) is 2.55. The molecule has 3 heterocycles. The molecule has 0 unspecified atom stereocenters. The van der Waals surface area contributed by atoms with Crippen molar-refractivity contribution in [1.29, 1.82) is 0 Å². The first-order chi connectivity index (χ1) is 13.4. The number of ether oxygens (including phenoxy) is 2. The lowest BCUT2D eigenvalue weighted by atomic mass is 9.81. The molecule has 1 amide bonds. The highest BCUT2D eigenvalue weighted by atomic mass is 16.7. The number of piperidine rings is 1. The number of amides is 1. The van der Waals surface area contributed by atoms with E-state index < -0.39 is 23.9 Å². The van der Waals surface area contributed by atoms with Gasteiger partial charge in [0.1, 0.15) is 11.7 Å². The van der Waals surface area contributed by atoms with Gasteiger partial charge in [0.25, 0.3) is 0 Å².